The van der Waals surface area contributed by atoms with Crippen LogP contribution in [0.2, 0.25) is 0 Å². The van der Waals surface area contributed by atoms with Gasteiger partial charge < -0.3 is 19.7 Å². The molecule has 1 atom stereocenters. The lowest BCUT2D eigenvalue weighted by atomic mass is 9.79. The predicted octanol–water partition coefficient (Wildman–Crippen LogP) is 2.82. The summed E-state index contributed by atoms with van der Waals surface area (Å²) in [4.78, 5) is 30.8. The molecule has 7 heteroatoms. The van der Waals surface area contributed by atoms with Gasteiger partial charge in [-0.1, -0.05) is 36.4 Å². The van der Waals surface area contributed by atoms with Crippen LogP contribution < -0.4 is 5.32 Å². The molecule has 7 nitrogen and oxygen atoms in total. The quantitative estimate of drug-likeness (QED) is 0.721. The number of aromatic nitrogens is 1. The summed E-state index contributed by atoms with van der Waals surface area (Å²) < 4.78 is 11.8. The van der Waals surface area contributed by atoms with Crippen LogP contribution in [0.1, 0.15) is 41.7 Å². The first kappa shape index (κ1) is 22.4. The number of hydrogen-bond acceptors (Lipinski definition) is 5. The zero-order valence-electron chi connectivity index (χ0n) is 18.4. The summed E-state index contributed by atoms with van der Waals surface area (Å²) in [7, 11) is 0. The average Bonchev–Trinajstić information content (AvgIpc) is 2.84. The SMILES string of the molecule is O=C(NCC1CCOC2(CCN(C(=O)COCc3ccccc3)CC2)C1)c1ccccn1. The van der Waals surface area contributed by atoms with Gasteiger partial charge in [-0.3, -0.25) is 14.6 Å². The normalized spacial score (nSPS) is 20.1. The molecule has 0 bridgehead atoms. The summed E-state index contributed by atoms with van der Waals surface area (Å²) in [6, 6.07) is 15.2. The van der Waals surface area contributed by atoms with E-state index in [0.717, 1.165) is 31.2 Å². The van der Waals surface area contributed by atoms with Gasteiger partial charge >= 0.3 is 0 Å². The molecular weight excluding hydrogens is 406 g/mol. The highest BCUT2D eigenvalue weighted by Gasteiger charge is 2.41. The lowest BCUT2D eigenvalue weighted by molar-refractivity contribution is -0.150. The van der Waals surface area contributed by atoms with Gasteiger partial charge in [0.15, 0.2) is 0 Å². The Morgan fingerprint density at radius 2 is 1.91 bits per heavy atom. The first-order valence-corrected chi connectivity index (χ1v) is 11.4. The Morgan fingerprint density at radius 1 is 1.12 bits per heavy atom. The van der Waals surface area contributed by atoms with Crippen molar-refractivity contribution in [3.8, 4) is 0 Å². The third-order valence-electron chi connectivity index (χ3n) is 6.41. The molecule has 3 heterocycles. The van der Waals surface area contributed by atoms with Gasteiger partial charge in [-0.25, -0.2) is 0 Å². The minimum atomic E-state index is -0.194. The van der Waals surface area contributed by atoms with E-state index in [1.54, 1.807) is 18.3 Å². The van der Waals surface area contributed by atoms with Gasteiger partial charge in [0.1, 0.15) is 12.3 Å². The minimum absolute atomic E-state index is 0.0331. The van der Waals surface area contributed by atoms with Crippen molar-refractivity contribution < 1.29 is 19.1 Å². The molecule has 1 aromatic carbocycles. The maximum absolute atomic E-state index is 12.5. The molecule has 1 spiro atoms. The van der Waals surface area contributed by atoms with E-state index in [0.29, 0.717) is 44.5 Å². The second-order valence-electron chi connectivity index (χ2n) is 8.67. The Kier molecular flexibility index (Phi) is 7.50. The summed E-state index contributed by atoms with van der Waals surface area (Å²) in [5, 5.41) is 3.02. The first-order valence-electron chi connectivity index (χ1n) is 11.4. The van der Waals surface area contributed by atoms with Crippen molar-refractivity contribution >= 4 is 11.8 Å². The van der Waals surface area contributed by atoms with E-state index >= 15 is 0 Å². The zero-order chi connectivity index (χ0) is 22.2. The monoisotopic (exact) mass is 437 g/mol. The van der Waals surface area contributed by atoms with Gasteiger partial charge in [0.2, 0.25) is 5.91 Å². The molecule has 2 aromatic rings. The fraction of sp³-hybridized carbons (Fsp3) is 0.480. The predicted molar refractivity (Wildman–Crippen MR) is 120 cm³/mol. The van der Waals surface area contributed by atoms with Crippen LogP contribution in [-0.2, 0) is 20.9 Å². The molecular formula is C25H31N3O4. The van der Waals surface area contributed by atoms with E-state index in [-0.39, 0.29) is 24.0 Å². The van der Waals surface area contributed by atoms with E-state index in [1.165, 1.54) is 0 Å². The number of nitrogens with one attached hydrogen (secondary N) is 1. The molecule has 1 N–H and O–H groups in total. The number of pyridine rings is 1. The van der Waals surface area contributed by atoms with Gasteiger partial charge in [-0.15, -0.1) is 0 Å². The third kappa shape index (κ3) is 5.93. The van der Waals surface area contributed by atoms with Crippen LogP contribution in [0.25, 0.3) is 0 Å². The van der Waals surface area contributed by atoms with Crippen LogP contribution in [0.3, 0.4) is 0 Å². The Labute approximate surface area is 189 Å². The van der Waals surface area contributed by atoms with E-state index < -0.39 is 0 Å². The number of ether oxygens (including phenoxy) is 2. The molecule has 32 heavy (non-hydrogen) atoms. The second-order valence-corrected chi connectivity index (χ2v) is 8.67. The first-order chi connectivity index (χ1) is 15.6. The number of hydrogen-bond donors (Lipinski definition) is 1. The summed E-state index contributed by atoms with van der Waals surface area (Å²) in [5.74, 6) is 0.265. The number of carbonyl (C=O) groups excluding carboxylic acids is 2. The number of rotatable bonds is 7. The fourth-order valence-corrected chi connectivity index (χ4v) is 4.56. The van der Waals surface area contributed by atoms with Crippen molar-refractivity contribution in [2.45, 2.75) is 37.9 Å². The topological polar surface area (TPSA) is 80.8 Å². The maximum Gasteiger partial charge on any atom is 0.269 e. The molecule has 2 saturated heterocycles. The smallest absolute Gasteiger partial charge is 0.269 e. The van der Waals surface area contributed by atoms with Crippen LogP contribution in [0.15, 0.2) is 54.7 Å². The Morgan fingerprint density at radius 3 is 2.66 bits per heavy atom. The van der Waals surface area contributed by atoms with Crippen molar-refractivity contribution in [2.75, 3.05) is 32.8 Å². The van der Waals surface area contributed by atoms with Crippen LogP contribution in [-0.4, -0.2) is 60.1 Å². The van der Waals surface area contributed by atoms with E-state index in [2.05, 4.69) is 10.3 Å². The molecule has 0 saturated carbocycles. The number of nitrogens with zero attached hydrogens (tertiary/aromatic N) is 2. The van der Waals surface area contributed by atoms with Crippen LogP contribution in [0, 0.1) is 5.92 Å². The van der Waals surface area contributed by atoms with Crippen LogP contribution >= 0.6 is 0 Å². The Balaban J connectivity index is 1.20. The van der Waals surface area contributed by atoms with Crippen molar-refractivity contribution in [3.63, 3.8) is 0 Å². The van der Waals surface area contributed by atoms with Crippen molar-refractivity contribution in [1.82, 2.24) is 15.2 Å². The Bertz CT molecular complexity index is 883. The van der Waals surface area contributed by atoms with Crippen molar-refractivity contribution in [3.05, 3.63) is 66.0 Å². The lowest BCUT2D eigenvalue weighted by Gasteiger charge is -2.46. The van der Waals surface area contributed by atoms with Crippen molar-refractivity contribution in [2.24, 2.45) is 5.92 Å². The molecule has 2 fully saturated rings. The summed E-state index contributed by atoms with van der Waals surface area (Å²) in [6.45, 7) is 3.22. The van der Waals surface area contributed by atoms with E-state index in [9.17, 15) is 9.59 Å². The van der Waals surface area contributed by atoms with E-state index in [4.69, 9.17) is 9.47 Å². The number of carbonyl (C=O) groups is 2. The van der Waals surface area contributed by atoms with Crippen molar-refractivity contribution in [1.29, 1.82) is 0 Å². The summed E-state index contributed by atoms with van der Waals surface area (Å²) >= 11 is 0. The lowest BCUT2D eigenvalue weighted by Crippen LogP contribution is -2.52. The van der Waals surface area contributed by atoms with Gasteiger partial charge in [-0.05, 0) is 49.3 Å². The van der Waals surface area contributed by atoms with Gasteiger partial charge in [0, 0.05) is 32.4 Å². The molecule has 2 aliphatic heterocycles. The molecule has 1 aromatic heterocycles. The fourth-order valence-electron chi connectivity index (χ4n) is 4.56. The molecule has 1 unspecified atom stereocenters. The highest BCUT2D eigenvalue weighted by Crippen LogP contribution is 2.37. The summed E-state index contributed by atoms with van der Waals surface area (Å²) in [5.41, 5.74) is 1.31. The highest BCUT2D eigenvalue weighted by molar-refractivity contribution is 5.92. The number of benzene rings is 1. The van der Waals surface area contributed by atoms with Crippen LogP contribution in [0.5, 0.6) is 0 Å². The minimum Gasteiger partial charge on any atom is -0.375 e. The molecule has 2 amide bonds. The van der Waals surface area contributed by atoms with E-state index in [1.807, 2.05) is 41.3 Å². The maximum atomic E-state index is 12.5. The van der Waals surface area contributed by atoms with Crippen LogP contribution in [0.4, 0.5) is 0 Å². The number of amides is 2. The molecule has 2 aliphatic rings. The molecule has 170 valence electrons. The molecule has 4 rings (SSSR count). The highest BCUT2D eigenvalue weighted by atomic mass is 16.5. The standard InChI is InChI=1S/C25H31N3O4/c29-23(19-31-18-20-6-2-1-3-7-20)28-13-10-25(11-14-28)16-21(9-15-32-25)17-27-24(30)22-8-4-5-12-26-22/h1-8,12,21H,9-11,13-19H2,(H,27,30). The molecule has 0 radical (unpaired) electrons. The van der Waals surface area contributed by atoms with Gasteiger partial charge in [0.05, 0.1) is 12.2 Å². The Hall–Kier alpha value is -2.77. The zero-order valence-corrected chi connectivity index (χ0v) is 18.4. The molecule has 0 aliphatic carbocycles. The third-order valence-corrected chi connectivity index (χ3v) is 6.41. The summed E-state index contributed by atoms with van der Waals surface area (Å²) in [6.07, 6.45) is 5.10. The largest absolute Gasteiger partial charge is 0.375 e. The van der Waals surface area contributed by atoms with Gasteiger partial charge in [-0.2, -0.15) is 0 Å². The average molecular weight is 438 g/mol. The number of piperidine rings is 1. The second kappa shape index (κ2) is 10.7. The number of likely N-dealkylation sites (tertiary alicyclic amines) is 1. The van der Waals surface area contributed by atoms with Gasteiger partial charge in [0.25, 0.3) is 5.91 Å².